The lowest BCUT2D eigenvalue weighted by atomic mass is 10.0. The van der Waals surface area contributed by atoms with Gasteiger partial charge in [0, 0.05) is 6.54 Å². The van der Waals surface area contributed by atoms with E-state index in [2.05, 4.69) is 5.32 Å². The number of carbonyl (C=O) groups is 1. The number of amides is 1. The third-order valence-corrected chi connectivity index (χ3v) is 2.48. The lowest BCUT2D eigenvalue weighted by Gasteiger charge is -2.38. The number of nitrogens with one attached hydrogen (secondary N) is 1. The van der Waals surface area contributed by atoms with Crippen LogP contribution < -0.4 is 5.32 Å². The first-order chi connectivity index (χ1) is 7.18. The van der Waals surface area contributed by atoms with Crippen molar-refractivity contribution in [2.24, 2.45) is 0 Å². The third kappa shape index (κ3) is 2.60. The maximum absolute atomic E-state index is 13.2. The van der Waals surface area contributed by atoms with Gasteiger partial charge in [-0.25, -0.2) is 8.78 Å². The monoisotopic (exact) mass is 246 g/mol. The minimum absolute atomic E-state index is 0.147. The molecule has 0 radical (unpaired) electrons. The van der Waals surface area contributed by atoms with Gasteiger partial charge in [-0.3, -0.25) is 4.79 Å². The van der Waals surface area contributed by atoms with Gasteiger partial charge in [0.15, 0.2) is 0 Å². The minimum Gasteiger partial charge on any atom is -0.329 e. The van der Waals surface area contributed by atoms with Crippen LogP contribution in [0.1, 0.15) is 6.42 Å². The number of carbonyl (C=O) groups excluding carboxylic acids is 1. The van der Waals surface area contributed by atoms with E-state index in [0.29, 0.717) is 0 Å². The summed E-state index contributed by atoms with van der Waals surface area (Å²) in [4.78, 5) is 10.9. The molecule has 0 spiro atoms. The van der Waals surface area contributed by atoms with Crippen molar-refractivity contribution in [3.05, 3.63) is 0 Å². The molecule has 1 amide bonds. The van der Waals surface area contributed by atoms with E-state index in [0.717, 1.165) is 0 Å². The molecular formula is C8H11F5N2O. The average Bonchev–Trinajstić information content (AvgIpc) is 2.13. The van der Waals surface area contributed by atoms with E-state index >= 15 is 0 Å². The molecule has 3 nitrogen and oxygen atoms in total. The van der Waals surface area contributed by atoms with Crippen molar-refractivity contribution >= 4 is 5.91 Å². The van der Waals surface area contributed by atoms with Crippen LogP contribution in [0.2, 0.25) is 0 Å². The number of piperidine rings is 1. The summed E-state index contributed by atoms with van der Waals surface area (Å²) in [6, 6.07) is -1.19. The first-order valence-electron chi connectivity index (χ1n) is 4.59. The highest BCUT2D eigenvalue weighted by atomic mass is 19.4. The maximum atomic E-state index is 13.2. The van der Waals surface area contributed by atoms with Crippen molar-refractivity contribution < 1.29 is 26.7 Å². The molecule has 1 saturated heterocycles. The molecule has 0 aromatic rings. The van der Waals surface area contributed by atoms with Crippen LogP contribution in [-0.4, -0.2) is 49.1 Å². The van der Waals surface area contributed by atoms with E-state index in [1.165, 1.54) is 7.05 Å². The summed E-state index contributed by atoms with van der Waals surface area (Å²) >= 11 is 0. The second-order valence-corrected chi connectivity index (χ2v) is 3.62. The molecule has 1 rings (SSSR count). The minimum atomic E-state index is -5.09. The van der Waals surface area contributed by atoms with Gasteiger partial charge >= 0.3 is 12.1 Å². The Hall–Kier alpha value is -0.920. The largest absolute Gasteiger partial charge is 0.471 e. The van der Waals surface area contributed by atoms with Crippen LogP contribution in [0.4, 0.5) is 22.0 Å². The molecule has 1 atom stereocenters. The van der Waals surface area contributed by atoms with Crippen LogP contribution >= 0.6 is 0 Å². The van der Waals surface area contributed by atoms with Crippen molar-refractivity contribution in [1.82, 2.24) is 10.2 Å². The third-order valence-electron chi connectivity index (χ3n) is 2.48. The molecule has 0 aromatic carbocycles. The van der Waals surface area contributed by atoms with Gasteiger partial charge in [0.1, 0.15) is 0 Å². The van der Waals surface area contributed by atoms with E-state index in [4.69, 9.17) is 0 Å². The molecule has 1 aliphatic rings. The average molecular weight is 246 g/mol. The number of rotatable bonds is 1. The van der Waals surface area contributed by atoms with Crippen LogP contribution in [0.15, 0.2) is 0 Å². The van der Waals surface area contributed by atoms with Crippen molar-refractivity contribution in [2.45, 2.75) is 24.6 Å². The van der Waals surface area contributed by atoms with E-state index in [1.54, 1.807) is 0 Å². The summed E-state index contributed by atoms with van der Waals surface area (Å²) in [7, 11) is 1.31. The lowest BCUT2D eigenvalue weighted by molar-refractivity contribution is -0.194. The molecule has 0 bridgehead atoms. The molecule has 1 unspecified atom stereocenters. The zero-order valence-corrected chi connectivity index (χ0v) is 8.44. The molecule has 16 heavy (non-hydrogen) atoms. The van der Waals surface area contributed by atoms with Crippen molar-refractivity contribution in [2.75, 3.05) is 20.1 Å². The van der Waals surface area contributed by atoms with Crippen molar-refractivity contribution in [3.8, 4) is 0 Å². The SMILES string of the molecule is CNC1CCN(C(=O)C(F)(F)F)CC1(F)F. The van der Waals surface area contributed by atoms with Gasteiger partial charge in [0.2, 0.25) is 0 Å². The highest BCUT2D eigenvalue weighted by Gasteiger charge is 2.50. The van der Waals surface area contributed by atoms with Crippen molar-refractivity contribution in [1.29, 1.82) is 0 Å². The van der Waals surface area contributed by atoms with Gasteiger partial charge < -0.3 is 10.2 Å². The van der Waals surface area contributed by atoms with Crippen molar-refractivity contribution in [3.63, 3.8) is 0 Å². The molecule has 0 aliphatic carbocycles. The van der Waals surface area contributed by atoms with Gasteiger partial charge in [0.25, 0.3) is 5.92 Å². The Morgan fingerprint density at radius 1 is 1.44 bits per heavy atom. The Balaban J connectivity index is 2.73. The highest BCUT2D eigenvalue weighted by molar-refractivity contribution is 5.82. The van der Waals surface area contributed by atoms with Crippen LogP contribution in [0, 0.1) is 0 Å². The van der Waals surface area contributed by atoms with E-state index < -0.39 is 30.6 Å². The summed E-state index contributed by atoms with van der Waals surface area (Å²) in [6.07, 6.45) is -5.30. The molecule has 94 valence electrons. The van der Waals surface area contributed by atoms with Crippen LogP contribution in [0.5, 0.6) is 0 Å². The summed E-state index contributed by atoms with van der Waals surface area (Å²) in [6.45, 7) is -1.52. The lowest BCUT2D eigenvalue weighted by Crippen LogP contribution is -2.59. The van der Waals surface area contributed by atoms with E-state index in [-0.39, 0.29) is 17.9 Å². The summed E-state index contributed by atoms with van der Waals surface area (Å²) in [5.74, 6) is -5.55. The zero-order chi connectivity index (χ0) is 12.6. The standard InChI is InChI=1S/C8H11F5N2O/c1-14-5-2-3-15(4-7(5,9)10)6(16)8(11,12)13/h5,14H,2-4H2,1H3. The molecule has 0 saturated carbocycles. The maximum Gasteiger partial charge on any atom is 0.471 e. The Bertz CT molecular complexity index is 278. The molecule has 8 heteroatoms. The van der Waals surface area contributed by atoms with Gasteiger partial charge in [-0.15, -0.1) is 0 Å². The van der Waals surface area contributed by atoms with E-state index in [9.17, 15) is 26.7 Å². The first kappa shape index (κ1) is 13.1. The molecule has 1 heterocycles. The molecule has 1 fully saturated rings. The second kappa shape index (κ2) is 4.15. The van der Waals surface area contributed by atoms with Gasteiger partial charge in [-0.05, 0) is 13.5 Å². The Morgan fingerprint density at radius 3 is 2.38 bits per heavy atom. The quantitative estimate of drug-likeness (QED) is 0.700. The fraction of sp³-hybridized carbons (Fsp3) is 0.875. The Kier molecular flexibility index (Phi) is 3.41. The first-order valence-corrected chi connectivity index (χ1v) is 4.59. The summed E-state index contributed by atoms with van der Waals surface area (Å²) in [5.41, 5.74) is 0. The van der Waals surface area contributed by atoms with Crippen LogP contribution in [0.3, 0.4) is 0 Å². The zero-order valence-electron chi connectivity index (χ0n) is 8.44. The number of hydrogen-bond donors (Lipinski definition) is 1. The number of halogens is 5. The van der Waals surface area contributed by atoms with E-state index in [1.807, 2.05) is 0 Å². The summed E-state index contributed by atoms with van der Waals surface area (Å²) < 4.78 is 62.5. The smallest absolute Gasteiger partial charge is 0.329 e. The number of nitrogens with zero attached hydrogens (tertiary/aromatic N) is 1. The topological polar surface area (TPSA) is 32.3 Å². The second-order valence-electron chi connectivity index (χ2n) is 3.62. The van der Waals surface area contributed by atoms with Gasteiger partial charge in [-0.1, -0.05) is 0 Å². The number of alkyl halides is 5. The fourth-order valence-corrected chi connectivity index (χ4v) is 1.65. The molecule has 0 aromatic heterocycles. The van der Waals surface area contributed by atoms with Crippen LogP contribution in [0.25, 0.3) is 0 Å². The number of hydrogen-bond acceptors (Lipinski definition) is 2. The molecular weight excluding hydrogens is 235 g/mol. The Labute approximate surface area is 88.6 Å². The fourth-order valence-electron chi connectivity index (χ4n) is 1.65. The predicted molar refractivity (Wildman–Crippen MR) is 45.0 cm³/mol. The van der Waals surface area contributed by atoms with Gasteiger partial charge in [-0.2, -0.15) is 13.2 Å². The highest BCUT2D eigenvalue weighted by Crippen LogP contribution is 2.29. The number of likely N-dealkylation sites (tertiary alicyclic amines) is 1. The molecule has 1 aliphatic heterocycles. The van der Waals surface area contributed by atoms with Crippen LogP contribution in [-0.2, 0) is 4.79 Å². The summed E-state index contributed by atoms with van der Waals surface area (Å²) in [5, 5.41) is 2.32. The Morgan fingerprint density at radius 2 is 2.00 bits per heavy atom. The predicted octanol–water partition coefficient (Wildman–Crippen LogP) is 1.00. The van der Waals surface area contributed by atoms with Gasteiger partial charge in [0.05, 0.1) is 12.6 Å². The molecule has 1 N–H and O–H groups in total. The normalized spacial score (nSPS) is 25.6.